The van der Waals surface area contributed by atoms with Crippen molar-refractivity contribution in [2.75, 3.05) is 5.32 Å². The Bertz CT molecular complexity index is 970. The van der Waals surface area contributed by atoms with Gasteiger partial charge in [-0.1, -0.05) is 24.3 Å². The number of benzene rings is 2. The molecule has 1 aromatic heterocycles. The fourth-order valence-corrected chi connectivity index (χ4v) is 2.45. The van der Waals surface area contributed by atoms with E-state index in [9.17, 15) is 9.59 Å². The van der Waals surface area contributed by atoms with E-state index in [2.05, 4.69) is 15.8 Å². The first kappa shape index (κ1) is 15.5. The molecule has 2 amide bonds. The Labute approximate surface area is 138 Å². The van der Waals surface area contributed by atoms with Crippen LogP contribution in [0.5, 0.6) is 0 Å². The molecule has 0 unspecified atom stereocenters. The molecular weight excluding hydrogens is 306 g/mol. The first-order valence-electron chi connectivity index (χ1n) is 7.37. The van der Waals surface area contributed by atoms with Crippen LogP contribution < -0.4 is 16.4 Å². The highest BCUT2D eigenvalue weighted by molar-refractivity contribution is 5.91. The monoisotopic (exact) mass is 323 g/mol. The van der Waals surface area contributed by atoms with Gasteiger partial charge >= 0.3 is 11.7 Å². The molecule has 0 saturated carbocycles. The largest absolute Gasteiger partial charge is 0.339 e. The lowest BCUT2D eigenvalue weighted by Gasteiger charge is -2.03. The van der Waals surface area contributed by atoms with Gasteiger partial charge in [-0.2, -0.15) is 5.10 Å². The number of aromatic nitrogens is 2. The lowest BCUT2D eigenvalue weighted by molar-refractivity contribution is 0.252. The quantitative estimate of drug-likeness (QED) is 0.571. The van der Waals surface area contributed by atoms with Crippen molar-refractivity contribution in [3.05, 3.63) is 64.6 Å². The van der Waals surface area contributed by atoms with Crippen LogP contribution in [0.3, 0.4) is 0 Å². The third-order valence-corrected chi connectivity index (χ3v) is 3.71. The van der Waals surface area contributed by atoms with Crippen molar-refractivity contribution >= 4 is 29.0 Å². The van der Waals surface area contributed by atoms with E-state index in [1.807, 2.05) is 36.4 Å². The van der Waals surface area contributed by atoms with Crippen molar-refractivity contribution in [3.8, 4) is 0 Å². The summed E-state index contributed by atoms with van der Waals surface area (Å²) >= 11 is 0. The summed E-state index contributed by atoms with van der Waals surface area (Å²) in [7, 11) is 3.45. The van der Waals surface area contributed by atoms with Gasteiger partial charge in [0.2, 0.25) is 0 Å². The number of aryl methyl sites for hydroxylation is 2. The van der Waals surface area contributed by atoms with E-state index in [0.29, 0.717) is 5.69 Å². The second-order valence-electron chi connectivity index (χ2n) is 5.34. The lowest BCUT2D eigenvalue weighted by Crippen LogP contribution is -2.24. The van der Waals surface area contributed by atoms with Crippen LogP contribution in [0.2, 0.25) is 0 Å². The van der Waals surface area contributed by atoms with E-state index in [1.54, 1.807) is 35.4 Å². The highest BCUT2D eigenvalue weighted by atomic mass is 16.2. The maximum atomic E-state index is 11.9. The fourth-order valence-electron chi connectivity index (χ4n) is 2.45. The van der Waals surface area contributed by atoms with Gasteiger partial charge in [-0.3, -0.25) is 9.13 Å². The number of anilines is 1. The lowest BCUT2D eigenvalue weighted by atomic mass is 10.2. The molecule has 2 aromatic carbocycles. The first-order valence-corrected chi connectivity index (χ1v) is 7.37. The predicted molar refractivity (Wildman–Crippen MR) is 94.4 cm³/mol. The fraction of sp³-hybridized carbons (Fsp3) is 0.118. The minimum absolute atomic E-state index is 0.0838. The number of carbonyl (C=O) groups excluding carboxylic acids is 1. The minimum Gasteiger partial charge on any atom is -0.307 e. The molecule has 0 atom stereocenters. The van der Waals surface area contributed by atoms with E-state index in [-0.39, 0.29) is 5.69 Å². The van der Waals surface area contributed by atoms with Gasteiger partial charge < -0.3 is 5.32 Å². The van der Waals surface area contributed by atoms with E-state index in [0.717, 1.165) is 16.6 Å². The standard InChI is InChI=1S/C17H17N5O2/c1-21-14-9-8-12(10-15(14)22(2)17(21)24)11-18-20-16(23)19-13-6-4-3-5-7-13/h3-11H,1-2H3,(H2,19,20,23)/b18-11-. The number of carbonyl (C=O) groups is 1. The summed E-state index contributed by atoms with van der Waals surface area (Å²) in [6.07, 6.45) is 1.53. The zero-order chi connectivity index (χ0) is 17.1. The number of amides is 2. The van der Waals surface area contributed by atoms with Gasteiger partial charge in [0.25, 0.3) is 0 Å². The molecule has 0 saturated heterocycles. The van der Waals surface area contributed by atoms with Gasteiger partial charge in [-0.25, -0.2) is 15.0 Å². The zero-order valence-electron chi connectivity index (χ0n) is 13.4. The molecule has 0 radical (unpaired) electrons. The van der Waals surface area contributed by atoms with Crippen LogP contribution in [0.4, 0.5) is 10.5 Å². The molecule has 3 rings (SSSR count). The molecule has 3 aromatic rings. The summed E-state index contributed by atoms with van der Waals surface area (Å²) < 4.78 is 3.16. The number of hydrogen-bond donors (Lipinski definition) is 2. The zero-order valence-corrected chi connectivity index (χ0v) is 13.4. The van der Waals surface area contributed by atoms with Gasteiger partial charge in [0, 0.05) is 19.8 Å². The molecule has 0 aliphatic rings. The van der Waals surface area contributed by atoms with Crippen LogP contribution in [0.25, 0.3) is 11.0 Å². The van der Waals surface area contributed by atoms with E-state index < -0.39 is 6.03 Å². The van der Waals surface area contributed by atoms with E-state index in [4.69, 9.17) is 0 Å². The molecule has 122 valence electrons. The van der Waals surface area contributed by atoms with E-state index >= 15 is 0 Å². The number of urea groups is 1. The Morgan fingerprint density at radius 2 is 1.75 bits per heavy atom. The van der Waals surface area contributed by atoms with Crippen molar-refractivity contribution in [2.45, 2.75) is 0 Å². The van der Waals surface area contributed by atoms with Crippen LogP contribution in [-0.4, -0.2) is 21.4 Å². The number of imidazole rings is 1. The third kappa shape index (κ3) is 3.05. The normalized spacial score (nSPS) is 11.1. The smallest absolute Gasteiger partial charge is 0.307 e. The predicted octanol–water partition coefficient (Wildman–Crippen LogP) is 2.03. The summed E-state index contributed by atoms with van der Waals surface area (Å²) in [4.78, 5) is 23.6. The second-order valence-corrected chi connectivity index (χ2v) is 5.34. The Balaban J connectivity index is 1.70. The van der Waals surface area contributed by atoms with Crippen LogP contribution in [-0.2, 0) is 14.1 Å². The van der Waals surface area contributed by atoms with Gasteiger partial charge in [0.05, 0.1) is 17.2 Å². The summed E-state index contributed by atoms with van der Waals surface area (Å²) in [6.45, 7) is 0. The maximum Gasteiger partial charge on any atom is 0.339 e. The number of hydrazone groups is 1. The Kier molecular flexibility index (Phi) is 4.15. The minimum atomic E-state index is -0.425. The highest BCUT2D eigenvalue weighted by Gasteiger charge is 2.07. The van der Waals surface area contributed by atoms with Crippen molar-refractivity contribution in [1.82, 2.24) is 14.6 Å². The Morgan fingerprint density at radius 3 is 2.50 bits per heavy atom. The number of fused-ring (bicyclic) bond motifs is 1. The Hall–Kier alpha value is -3.35. The molecule has 7 heteroatoms. The summed E-state index contributed by atoms with van der Waals surface area (Å²) in [5, 5.41) is 6.59. The van der Waals surface area contributed by atoms with Crippen molar-refractivity contribution in [1.29, 1.82) is 0 Å². The maximum absolute atomic E-state index is 11.9. The number of rotatable bonds is 3. The Morgan fingerprint density at radius 1 is 1.04 bits per heavy atom. The number of hydrogen-bond acceptors (Lipinski definition) is 3. The van der Waals surface area contributed by atoms with Gasteiger partial charge in [-0.15, -0.1) is 0 Å². The van der Waals surface area contributed by atoms with Crippen molar-refractivity contribution in [2.24, 2.45) is 19.2 Å². The summed E-state index contributed by atoms with van der Waals surface area (Å²) in [5.74, 6) is 0. The second kappa shape index (κ2) is 6.41. The molecule has 0 aliphatic heterocycles. The van der Waals surface area contributed by atoms with Gasteiger partial charge in [0.15, 0.2) is 0 Å². The van der Waals surface area contributed by atoms with Crippen LogP contribution in [0, 0.1) is 0 Å². The first-order chi connectivity index (χ1) is 11.6. The van der Waals surface area contributed by atoms with E-state index in [1.165, 1.54) is 6.21 Å². The molecule has 0 spiro atoms. The SMILES string of the molecule is Cn1c(=O)n(C)c2cc(/C=N\NC(=O)Nc3ccccc3)ccc21. The van der Waals surface area contributed by atoms with Crippen molar-refractivity contribution < 1.29 is 4.79 Å². The van der Waals surface area contributed by atoms with Crippen LogP contribution in [0.1, 0.15) is 5.56 Å². The van der Waals surface area contributed by atoms with Gasteiger partial charge in [0.1, 0.15) is 0 Å². The molecule has 1 heterocycles. The topological polar surface area (TPSA) is 80.4 Å². The van der Waals surface area contributed by atoms with Crippen LogP contribution in [0.15, 0.2) is 58.4 Å². The third-order valence-electron chi connectivity index (χ3n) is 3.71. The summed E-state index contributed by atoms with van der Waals surface area (Å²) in [6, 6.07) is 14.2. The molecule has 0 bridgehead atoms. The molecule has 7 nitrogen and oxygen atoms in total. The van der Waals surface area contributed by atoms with Crippen molar-refractivity contribution in [3.63, 3.8) is 0 Å². The highest BCUT2D eigenvalue weighted by Crippen LogP contribution is 2.12. The molecular formula is C17H17N5O2. The van der Waals surface area contributed by atoms with Crippen LogP contribution >= 0.6 is 0 Å². The number of para-hydroxylation sites is 1. The number of nitrogens with zero attached hydrogens (tertiary/aromatic N) is 3. The van der Waals surface area contributed by atoms with Gasteiger partial charge in [-0.05, 0) is 29.8 Å². The average molecular weight is 323 g/mol. The molecule has 24 heavy (non-hydrogen) atoms. The molecule has 0 aliphatic carbocycles. The number of nitrogens with one attached hydrogen (secondary N) is 2. The average Bonchev–Trinajstić information content (AvgIpc) is 2.80. The summed E-state index contributed by atoms with van der Waals surface area (Å²) in [5.41, 5.74) is 5.44. The molecule has 2 N–H and O–H groups in total. The molecule has 0 fully saturated rings.